The number of hydrogen-bond donors (Lipinski definition) is 1. The van der Waals surface area contributed by atoms with Crippen molar-refractivity contribution in [1.29, 1.82) is 0 Å². The van der Waals surface area contributed by atoms with Crippen LogP contribution in [0.25, 0.3) is 0 Å². The maximum atomic E-state index is 14.7. The summed E-state index contributed by atoms with van der Waals surface area (Å²) in [6, 6.07) is 16.6. The molecular formula is C29H30Cl2FN3O4S. The van der Waals surface area contributed by atoms with E-state index >= 15 is 0 Å². The van der Waals surface area contributed by atoms with Crippen LogP contribution in [0.4, 0.5) is 10.1 Å². The third kappa shape index (κ3) is 7.13. The van der Waals surface area contributed by atoms with Gasteiger partial charge >= 0.3 is 0 Å². The smallest absolute Gasteiger partial charge is 0.264 e. The summed E-state index contributed by atoms with van der Waals surface area (Å²) in [4.78, 5) is 28.2. The number of halogens is 3. The average Bonchev–Trinajstić information content (AvgIpc) is 3.44. The Labute approximate surface area is 243 Å². The molecule has 1 aliphatic carbocycles. The van der Waals surface area contributed by atoms with Crippen molar-refractivity contribution in [2.75, 3.05) is 10.8 Å². The summed E-state index contributed by atoms with van der Waals surface area (Å²) in [5, 5.41) is 3.60. The van der Waals surface area contributed by atoms with Gasteiger partial charge in [0.25, 0.3) is 10.0 Å². The Bertz CT molecular complexity index is 1460. The van der Waals surface area contributed by atoms with Crippen molar-refractivity contribution in [1.82, 2.24) is 10.2 Å². The summed E-state index contributed by atoms with van der Waals surface area (Å²) in [5.74, 6) is -1.61. The van der Waals surface area contributed by atoms with Gasteiger partial charge in [-0.15, -0.1) is 0 Å². The van der Waals surface area contributed by atoms with E-state index < -0.39 is 34.3 Å². The molecule has 0 saturated heterocycles. The summed E-state index contributed by atoms with van der Waals surface area (Å²) < 4.78 is 43.2. The first-order valence-electron chi connectivity index (χ1n) is 12.9. The van der Waals surface area contributed by atoms with Crippen LogP contribution in [0.3, 0.4) is 0 Å². The lowest BCUT2D eigenvalue weighted by Crippen LogP contribution is -2.52. The Morgan fingerprint density at radius 2 is 1.65 bits per heavy atom. The highest BCUT2D eigenvalue weighted by Crippen LogP contribution is 2.28. The fraction of sp³-hybridized carbons (Fsp3) is 0.310. The van der Waals surface area contributed by atoms with Crippen molar-refractivity contribution in [3.63, 3.8) is 0 Å². The van der Waals surface area contributed by atoms with Gasteiger partial charge in [-0.3, -0.25) is 13.9 Å². The molecule has 40 heavy (non-hydrogen) atoms. The second-order valence-corrected chi connectivity index (χ2v) is 12.5. The summed E-state index contributed by atoms with van der Waals surface area (Å²) in [5.41, 5.74) is 0.357. The highest BCUT2D eigenvalue weighted by atomic mass is 35.5. The van der Waals surface area contributed by atoms with Crippen molar-refractivity contribution in [2.24, 2.45) is 0 Å². The van der Waals surface area contributed by atoms with Gasteiger partial charge in [0.05, 0.1) is 10.6 Å². The zero-order valence-electron chi connectivity index (χ0n) is 21.9. The molecule has 0 spiro atoms. The number of nitrogens with one attached hydrogen (secondary N) is 1. The van der Waals surface area contributed by atoms with E-state index in [0.717, 1.165) is 30.0 Å². The molecule has 0 bridgehead atoms. The van der Waals surface area contributed by atoms with Gasteiger partial charge in [0.15, 0.2) is 0 Å². The number of sulfonamides is 1. The molecule has 1 saturated carbocycles. The quantitative estimate of drug-likeness (QED) is 0.316. The Hall–Kier alpha value is -3.14. The zero-order chi connectivity index (χ0) is 28.9. The highest BCUT2D eigenvalue weighted by molar-refractivity contribution is 7.92. The van der Waals surface area contributed by atoms with Crippen LogP contribution in [0.2, 0.25) is 10.0 Å². The number of nitrogens with zero attached hydrogens (tertiary/aromatic N) is 2. The lowest BCUT2D eigenvalue weighted by atomic mass is 10.1. The fourth-order valence-corrected chi connectivity index (χ4v) is 6.40. The summed E-state index contributed by atoms with van der Waals surface area (Å²) >= 11 is 12.1. The van der Waals surface area contributed by atoms with Gasteiger partial charge in [-0.05, 0) is 68.3 Å². The van der Waals surface area contributed by atoms with Crippen molar-refractivity contribution in [3.8, 4) is 0 Å². The molecule has 1 N–H and O–H groups in total. The summed E-state index contributed by atoms with van der Waals surface area (Å²) in [6.45, 7) is 0.677. The van der Waals surface area contributed by atoms with E-state index in [4.69, 9.17) is 23.2 Å². The second-order valence-electron chi connectivity index (χ2n) is 9.72. The maximum absolute atomic E-state index is 14.7. The van der Waals surface area contributed by atoms with Crippen molar-refractivity contribution >= 4 is 50.7 Å². The number of benzene rings is 3. The van der Waals surface area contributed by atoms with E-state index in [1.807, 2.05) is 0 Å². The van der Waals surface area contributed by atoms with Gasteiger partial charge in [0.2, 0.25) is 11.8 Å². The molecule has 0 heterocycles. The van der Waals surface area contributed by atoms with E-state index in [1.165, 1.54) is 59.5 Å². The monoisotopic (exact) mass is 605 g/mol. The van der Waals surface area contributed by atoms with Crippen LogP contribution in [0.15, 0.2) is 77.7 Å². The standard InChI is InChI=1S/C29H30Cl2FN3O4S/c1-20(29(37)33-24-9-3-4-10-24)34(18-21-7-2-5-12-27(21)32)28(36)19-35(25-11-6-8-23(31)17-25)40(38,39)26-15-13-22(30)14-16-26/h2,5-8,11-17,20,24H,3-4,9-10,18-19H2,1H3,(H,33,37)/t20-/m0/s1. The van der Waals surface area contributed by atoms with Crippen molar-refractivity contribution in [2.45, 2.75) is 56.1 Å². The average molecular weight is 607 g/mol. The summed E-state index contributed by atoms with van der Waals surface area (Å²) in [6.07, 6.45) is 3.71. The molecule has 0 unspecified atom stereocenters. The minimum Gasteiger partial charge on any atom is -0.352 e. The van der Waals surface area contributed by atoms with Gasteiger partial charge < -0.3 is 10.2 Å². The molecule has 3 aromatic rings. The van der Waals surface area contributed by atoms with Gasteiger partial charge in [-0.25, -0.2) is 12.8 Å². The van der Waals surface area contributed by atoms with Crippen LogP contribution in [0.1, 0.15) is 38.2 Å². The molecule has 0 radical (unpaired) electrons. The SMILES string of the molecule is C[C@@H](C(=O)NC1CCCC1)N(Cc1ccccc1F)C(=O)CN(c1cccc(Cl)c1)S(=O)(=O)c1ccc(Cl)cc1. The predicted molar refractivity (Wildman–Crippen MR) is 154 cm³/mol. The largest absolute Gasteiger partial charge is 0.352 e. The third-order valence-electron chi connectivity index (χ3n) is 6.94. The van der Waals surface area contributed by atoms with E-state index in [0.29, 0.717) is 5.02 Å². The predicted octanol–water partition coefficient (Wildman–Crippen LogP) is 5.80. The molecule has 1 fully saturated rings. The number of amides is 2. The van der Waals surface area contributed by atoms with Crippen LogP contribution < -0.4 is 9.62 Å². The van der Waals surface area contributed by atoms with Gasteiger partial charge in [-0.1, -0.05) is 60.3 Å². The van der Waals surface area contributed by atoms with E-state index in [-0.39, 0.29) is 39.7 Å². The van der Waals surface area contributed by atoms with Crippen LogP contribution in [0.5, 0.6) is 0 Å². The highest BCUT2D eigenvalue weighted by Gasteiger charge is 2.33. The minimum absolute atomic E-state index is 0.00797. The molecule has 11 heteroatoms. The normalized spacial score (nSPS) is 14.5. The second kappa shape index (κ2) is 13.0. The van der Waals surface area contributed by atoms with Crippen LogP contribution in [-0.2, 0) is 26.2 Å². The van der Waals surface area contributed by atoms with E-state index in [2.05, 4.69) is 5.32 Å². The lowest BCUT2D eigenvalue weighted by molar-refractivity contribution is -0.139. The Balaban J connectivity index is 1.69. The molecular weight excluding hydrogens is 576 g/mol. The fourth-order valence-electron chi connectivity index (χ4n) is 4.68. The first kappa shape index (κ1) is 29.8. The molecule has 7 nitrogen and oxygen atoms in total. The molecule has 1 aliphatic rings. The molecule has 212 valence electrons. The number of rotatable bonds is 10. The first-order chi connectivity index (χ1) is 19.1. The Morgan fingerprint density at radius 3 is 2.30 bits per heavy atom. The molecule has 4 rings (SSSR count). The maximum Gasteiger partial charge on any atom is 0.264 e. The molecule has 2 amide bonds. The van der Waals surface area contributed by atoms with Crippen LogP contribution in [0, 0.1) is 5.82 Å². The number of hydrogen-bond acceptors (Lipinski definition) is 4. The Morgan fingerprint density at radius 1 is 0.975 bits per heavy atom. The first-order valence-corrected chi connectivity index (χ1v) is 15.1. The zero-order valence-corrected chi connectivity index (χ0v) is 24.2. The van der Waals surface area contributed by atoms with Gasteiger partial charge in [-0.2, -0.15) is 0 Å². The third-order valence-corrected chi connectivity index (χ3v) is 9.22. The number of carbonyl (C=O) groups excluding carboxylic acids is 2. The lowest BCUT2D eigenvalue weighted by Gasteiger charge is -2.32. The van der Waals surface area contributed by atoms with Crippen molar-refractivity contribution in [3.05, 3.63) is 94.2 Å². The topological polar surface area (TPSA) is 86.8 Å². The molecule has 1 atom stereocenters. The molecule has 0 aliphatic heterocycles. The van der Waals surface area contributed by atoms with Crippen LogP contribution in [-0.4, -0.2) is 43.8 Å². The van der Waals surface area contributed by atoms with Gasteiger partial charge in [0.1, 0.15) is 18.4 Å². The van der Waals surface area contributed by atoms with E-state index in [9.17, 15) is 22.4 Å². The molecule has 3 aromatic carbocycles. The van der Waals surface area contributed by atoms with Gasteiger partial charge in [0, 0.05) is 28.2 Å². The van der Waals surface area contributed by atoms with E-state index in [1.54, 1.807) is 25.1 Å². The summed E-state index contributed by atoms with van der Waals surface area (Å²) in [7, 11) is -4.27. The van der Waals surface area contributed by atoms with Crippen LogP contribution >= 0.6 is 23.2 Å². The number of anilines is 1. The molecule has 0 aromatic heterocycles. The minimum atomic E-state index is -4.27. The Kier molecular flexibility index (Phi) is 9.71. The number of carbonyl (C=O) groups is 2. The van der Waals surface area contributed by atoms with Crippen molar-refractivity contribution < 1.29 is 22.4 Å².